The summed E-state index contributed by atoms with van der Waals surface area (Å²) in [5.41, 5.74) is -0.253. The first-order valence-corrected chi connectivity index (χ1v) is 5.47. The van der Waals surface area contributed by atoms with Crippen molar-refractivity contribution in [3.63, 3.8) is 0 Å². The summed E-state index contributed by atoms with van der Waals surface area (Å²) < 4.78 is 0. The van der Waals surface area contributed by atoms with Crippen LogP contribution in [0.5, 0.6) is 0 Å². The topological polar surface area (TPSA) is 41.1 Å². The summed E-state index contributed by atoms with van der Waals surface area (Å²) in [6.07, 6.45) is 3.06. The van der Waals surface area contributed by atoms with E-state index in [1.54, 1.807) is 0 Å². The van der Waals surface area contributed by atoms with Crippen LogP contribution in [-0.4, -0.2) is 26.0 Å². The van der Waals surface area contributed by atoms with E-state index in [0.29, 0.717) is 0 Å². The van der Waals surface area contributed by atoms with Gasteiger partial charge in [-0.2, -0.15) is 0 Å². The van der Waals surface area contributed by atoms with E-state index in [2.05, 4.69) is 17.6 Å². The Balaban J connectivity index is 3.82. The molecular weight excluding hydrogens is 176 g/mol. The Kier molecular flexibility index (Phi) is 6.54. The third kappa shape index (κ3) is 5.22. The Hall–Kier alpha value is -0.570. The van der Waals surface area contributed by atoms with E-state index in [-0.39, 0.29) is 11.3 Å². The van der Waals surface area contributed by atoms with E-state index in [0.717, 1.165) is 32.4 Å². The first-order chi connectivity index (χ1) is 6.54. The quantitative estimate of drug-likeness (QED) is 0.612. The highest BCUT2D eigenvalue weighted by Crippen LogP contribution is 2.19. The molecule has 0 atom stereocenters. The molecule has 0 aromatic heterocycles. The zero-order chi connectivity index (χ0) is 11.0. The summed E-state index contributed by atoms with van der Waals surface area (Å²) in [5, 5.41) is 6.03. The number of hydrogen-bond acceptors (Lipinski definition) is 2. The molecule has 0 aliphatic heterocycles. The van der Waals surface area contributed by atoms with E-state index < -0.39 is 0 Å². The number of amides is 1. The molecule has 0 aromatic rings. The van der Waals surface area contributed by atoms with Crippen LogP contribution in [0, 0.1) is 5.41 Å². The minimum atomic E-state index is -0.253. The third-order valence-electron chi connectivity index (χ3n) is 2.43. The number of carbonyl (C=O) groups excluding carboxylic acids is 1. The lowest BCUT2D eigenvalue weighted by molar-refractivity contribution is -0.129. The van der Waals surface area contributed by atoms with E-state index in [4.69, 9.17) is 0 Å². The first-order valence-electron chi connectivity index (χ1n) is 5.47. The number of nitrogens with one attached hydrogen (secondary N) is 2. The molecular formula is C11H24N2O. The predicted molar refractivity (Wildman–Crippen MR) is 60.2 cm³/mol. The van der Waals surface area contributed by atoms with Gasteiger partial charge < -0.3 is 10.6 Å². The summed E-state index contributed by atoms with van der Waals surface area (Å²) in [4.78, 5) is 11.7. The van der Waals surface area contributed by atoms with Crippen LogP contribution < -0.4 is 10.6 Å². The van der Waals surface area contributed by atoms with Gasteiger partial charge in [0.15, 0.2) is 0 Å². The van der Waals surface area contributed by atoms with Crippen LogP contribution in [-0.2, 0) is 4.79 Å². The Bertz CT molecular complexity index is 167. The Morgan fingerprint density at radius 1 is 1.29 bits per heavy atom. The molecule has 1 amide bonds. The highest BCUT2D eigenvalue weighted by molar-refractivity contribution is 5.81. The Morgan fingerprint density at radius 2 is 1.93 bits per heavy atom. The van der Waals surface area contributed by atoms with Gasteiger partial charge in [0.05, 0.1) is 0 Å². The molecule has 0 saturated heterocycles. The fourth-order valence-corrected chi connectivity index (χ4v) is 1.17. The molecule has 0 spiro atoms. The largest absolute Gasteiger partial charge is 0.356 e. The summed E-state index contributed by atoms with van der Waals surface area (Å²) in [7, 11) is 1.91. The van der Waals surface area contributed by atoms with Crippen LogP contribution in [0.1, 0.15) is 40.0 Å². The standard InChI is InChI=1S/C11H24N2O/c1-5-6-8-13-10(14)11(2,3)7-9-12-4/h12H,5-9H2,1-4H3,(H,13,14). The maximum Gasteiger partial charge on any atom is 0.225 e. The van der Waals surface area contributed by atoms with Crippen molar-refractivity contribution < 1.29 is 4.79 Å². The smallest absolute Gasteiger partial charge is 0.225 e. The Morgan fingerprint density at radius 3 is 2.43 bits per heavy atom. The van der Waals surface area contributed by atoms with Crippen LogP contribution in [0.4, 0.5) is 0 Å². The molecule has 3 heteroatoms. The van der Waals surface area contributed by atoms with Crippen LogP contribution in [0.15, 0.2) is 0 Å². The summed E-state index contributed by atoms with van der Waals surface area (Å²) >= 11 is 0. The van der Waals surface area contributed by atoms with Crippen LogP contribution in [0.25, 0.3) is 0 Å². The lowest BCUT2D eigenvalue weighted by Crippen LogP contribution is -2.38. The van der Waals surface area contributed by atoms with E-state index in [9.17, 15) is 4.79 Å². The van der Waals surface area contributed by atoms with Gasteiger partial charge in [0.25, 0.3) is 0 Å². The van der Waals surface area contributed by atoms with Gasteiger partial charge in [-0.25, -0.2) is 0 Å². The van der Waals surface area contributed by atoms with Crippen LogP contribution in [0.3, 0.4) is 0 Å². The molecule has 0 rings (SSSR count). The molecule has 84 valence electrons. The maximum absolute atomic E-state index is 11.7. The van der Waals surface area contributed by atoms with E-state index in [1.807, 2.05) is 20.9 Å². The third-order valence-corrected chi connectivity index (χ3v) is 2.43. The molecule has 0 fully saturated rings. The van der Waals surface area contributed by atoms with Crippen molar-refractivity contribution in [1.82, 2.24) is 10.6 Å². The minimum absolute atomic E-state index is 0.168. The van der Waals surface area contributed by atoms with Crippen molar-refractivity contribution >= 4 is 5.91 Å². The van der Waals surface area contributed by atoms with Crippen molar-refractivity contribution in [1.29, 1.82) is 0 Å². The zero-order valence-electron chi connectivity index (χ0n) is 9.94. The van der Waals surface area contributed by atoms with Gasteiger partial charge in [-0.1, -0.05) is 27.2 Å². The average molecular weight is 200 g/mol. The highest BCUT2D eigenvalue weighted by Gasteiger charge is 2.26. The van der Waals surface area contributed by atoms with Crippen molar-refractivity contribution in [2.75, 3.05) is 20.1 Å². The van der Waals surface area contributed by atoms with Gasteiger partial charge in [-0.15, -0.1) is 0 Å². The molecule has 14 heavy (non-hydrogen) atoms. The molecule has 2 N–H and O–H groups in total. The Labute approximate surface area is 87.6 Å². The number of carbonyl (C=O) groups is 1. The summed E-state index contributed by atoms with van der Waals surface area (Å²) in [6, 6.07) is 0. The van der Waals surface area contributed by atoms with Gasteiger partial charge in [0.1, 0.15) is 0 Å². The van der Waals surface area contributed by atoms with Crippen LogP contribution >= 0.6 is 0 Å². The molecule has 0 saturated carbocycles. The number of unbranched alkanes of at least 4 members (excludes halogenated alkanes) is 1. The normalized spacial score (nSPS) is 11.4. The lowest BCUT2D eigenvalue weighted by Gasteiger charge is -2.23. The molecule has 3 nitrogen and oxygen atoms in total. The van der Waals surface area contributed by atoms with Gasteiger partial charge in [0.2, 0.25) is 5.91 Å². The number of rotatable bonds is 7. The first kappa shape index (κ1) is 13.4. The van der Waals surface area contributed by atoms with E-state index in [1.165, 1.54) is 0 Å². The maximum atomic E-state index is 11.7. The van der Waals surface area contributed by atoms with Gasteiger partial charge in [-0.05, 0) is 26.4 Å². The van der Waals surface area contributed by atoms with Crippen molar-refractivity contribution in [3.05, 3.63) is 0 Å². The van der Waals surface area contributed by atoms with Crippen molar-refractivity contribution in [3.8, 4) is 0 Å². The second-order valence-electron chi connectivity index (χ2n) is 4.35. The summed E-state index contributed by atoms with van der Waals surface area (Å²) in [6.45, 7) is 7.79. The average Bonchev–Trinajstić information content (AvgIpc) is 2.15. The molecule has 0 radical (unpaired) electrons. The fraction of sp³-hybridized carbons (Fsp3) is 0.909. The SMILES string of the molecule is CCCCNC(=O)C(C)(C)CCNC. The predicted octanol–water partition coefficient (Wildman–Crippen LogP) is 1.54. The molecule has 0 aromatic carbocycles. The molecule has 0 aliphatic carbocycles. The lowest BCUT2D eigenvalue weighted by atomic mass is 9.88. The van der Waals surface area contributed by atoms with Gasteiger partial charge in [-0.3, -0.25) is 4.79 Å². The fourth-order valence-electron chi connectivity index (χ4n) is 1.17. The van der Waals surface area contributed by atoms with Gasteiger partial charge in [0, 0.05) is 12.0 Å². The van der Waals surface area contributed by atoms with Crippen molar-refractivity contribution in [2.24, 2.45) is 5.41 Å². The van der Waals surface area contributed by atoms with Gasteiger partial charge >= 0.3 is 0 Å². The molecule has 0 unspecified atom stereocenters. The second-order valence-corrected chi connectivity index (χ2v) is 4.35. The minimum Gasteiger partial charge on any atom is -0.356 e. The molecule has 0 bridgehead atoms. The zero-order valence-corrected chi connectivity index (χ0v) is 9.94. The highest BCUT2D eigenvalue weighted by atomic mass is 16.2. The van der Waals surface area contributed by atoms with E-state index >= 15 is 0 Å². The summed E-state index contributed by atoms with van der Waals surface area (Å²) in [5.74, 6) is 0.168. The monoisotopic (exact) mass is 200 g/mol. The number of hydrogen-bond donors (Lipinski definition) is 2. The molecule has 0 aliphatic rings. The molecule has 0 heterocycles. The van der Waals surface area contributed by atoms with Crippen molar-refractivity contribution in [2.45, 2.75) is 40.0 Å². The van der Waals surface area contributed by atoms with Crippen LogP contribution in [0.2, 0.25) is 0 Å². The second kappa shape index (κ2) is 6.82.